The molecule has 2 fully saturated rings. The van der Waals surface area contributed by atoms with Gasteiger partial charge < -0.3 is 14.7 Å². The molecule has 0 bridgehead atoms. The molecule has 1 aromatic carbocycles. The van der Waals surface area contributed by atoms with Gasteiger partial charge in [0, 0.05) is 25.8 Å². The molecule has 3 rings (SSSR count). The van der Waals surface area contributed by atoms with Crippen molar-refractivity contribution in [3.8, 4) is 5.75 Å². The third kappa shape index (κ3) is 3.84. The molecule has 0 aromatic heterocycles. The molecule has 0 aliphatic carbocycles. The van der Waals surface area contributed by atoms with Crippen LogP contribution < -0.4 is 15.0 Å². The summed E-state index contributed by atoms with van der Waals surface area (Å²) in [6, 6.07) is 4.62. The molecule has 0 unspecified atom stereocenters. The van der Waals surface area contributed by atoms with Crippen LogP contribution in [0.25, 0.3) is 0 Å². The van der Waals surface area contributed by atoms with Crippen molar-refractivity contribution in [3.05, 3.63) is 24.0 Å². The first kappa shape index (κ1) is 16.7. The van der Waals surface area contributed by atoms with Crippen LogP contribution in [-0.4, -0.2) is 42.7 Å². The minimum atomic E-state index is -0.559. The number of nitrogens with zero attached hydrogens (tertiary/aromatic N) is 1. The van der Waals surface area contributed by atoms with Crippen molar-refractivity contribution in [2.45, 2.75) is 31.8 Å². The van der Waals surface area contributed by atoms with Gasteiger partial charge in [0.2, 0.25) is 11.8 Å². The molecule has 1 aromatic rings. The third-order valence-electron chi connectivity index (χ3n) is 4.54. The monoisotopic (exact) mass is 336 g/mol. The van der Waals surface area contributed by atoms with E-state index >= 15 is 0 Å². The number of aliphatic hydroxyl groups is 1. The molecule has 2 aliphatic heterocycles. The van der Waals surface area contributed by atoms with Gasteiger partial charge in [-0.2, -0.15) is 0 Å². The quantitative estimate of drug-likeness (QED) is 0.808. The van der Waals surface area contributed by atoms with Crippen molar-refractivity contribution in [1.29, 1.82) is 0 Å². The lowest BCUT2D eigenvalue weighted by Gasteiger charge is -2.33. The number of carbonyl (C=O) groups is 2. The van der Waals surface area contributed by atoms with Gasteiger partial charge in [-0.3, -0.25) is 14.9 Å². The summed E-state index contributed by atoms with van der Waals surface area (Å²) in [5.41, 5.74) is 0.510. The number of nitrogens with one attached hydrogen (secondary N) is 1. The number of imide groups is 1. The fourth-order valence-corrected chi connectivity index (χ4v) is 3.19. The van der Waals surface area contributed by atoms with E-state index in [4.69, 9.17) is 4.74 Å². The molecule has 0 spiro atoms. The topological polar surface area (TPSA) is 78.9 Å². The maximum Gasteiger partial charge on any atom is 0.230 e. The number of amides is 2. The van der Waals surface area contributed by atoms with Gasteiger partial charge in [0.05, 0.1) is 18.5 Å². The molecule has 0 saturated carbocycles. The van der Waals surface area contributed by atoms with Gasteiger partial charge in [0.15, 0.2) is 0 Å². The first-order chi connectivity index (χ1) is 11.5. The van der Waals surface area contributed by atoms with Crippen molar-refractivity contribution in [2.24, 2.45) is 5.92 Å². The Morgan fingerprint density at radius 3 is 2.46 bits per heavy atom. The average Bonchev–Trinajstić information content (AvgIpc) is 2.54. The molecular formula is C17H21FN2O4. The smallest absolute Gasteiger partial charge is 0.230 e. The zero-order valence-electron chi connectivity index (χ0n) is 13.3. The molecule has 24 heavy (non-hydrogen) atoms. The zero-order valence-corrected chi connectivity index (χ0v) is 13.3. The molecule has 130 valence electrons. The standard InChI is InChI=1S/C17H21FN2O4/c18-14-7-12(24-13-8-16(22)19-17(23)9-13)1-2-15(14)20-5-3-11(10-21)4-6-20/h1-2,7,11,13,21H,3-6,8-10H2,(H,19,22,23). The van der Waals surface area contributed by atoms with E-state index in [2.05, 4.69) is 5.32 Å². The van der Waals surface area contributed by atoms with E-state index in [0.717, 1.165) is 12.8 Å². The number of hydrogen-bond acceptors (Lipinski definition) is 5. The van der Waals surface area contributed by atoms with E-state index in [1.54, 1.807) is 12.1 Å². The number of rotatable bonds is 4. The zero-order chi connectivity index (χ0) is 17.1. The highest BCUT2D eigenvalue weighted by molar-refractivity contribution is 5.98. The molecule has 0 radical (unpaired) electrons. The molecule has 2 saturated heterocycles. The number of carbonyl (C=O) groups excluding carboxylic acids is 2. The van der Waals surface area contributed by atoms with E-state index < -0.39 is 6.10 Å². The summed E-state index contributed by atoms with van der Waals surface area (Å²) in [7, 11) is 0. The van der Waals surface area contributed by atoms with Crippen molar-refractivity contribution in [1.82, 2.24) is 5.32 Å². The van der Waals surface area contributed by atoms with Crippen LogP contribution >= 0.6 is 0 Å². The van der Waals surface area contributed by atoms with Crippen LogP contribution in [0.4, 0.5) is 10.1 Å². The van der Waals surface area contributed by atoms with Gasteiger partial charge >= 0.3 is 0 Å². The van der Waals surface area contributed by atoms with E-state index in [1.807, 2.05) is 4.90 Å². The number of ether oxygens (including phenoxy) is 1. The van der Waals surface area contributed by atoms with Gasteiger partial charge in [-0.25, -0.2) is 4.39 Å². The highest BCUT2D eigenvalue weighted by atomic mass is 19.1. The first-order valence-corrected chi connectivity index (χ1v) is 8.20. The lowest BCUT2D eigenvalue weighted by molar-refractivity contribution is -0.136. The summed E-state index contributed by atoms with van der Waals surface area (Å²) in [4.78, 5) is 24.6. The van der Waals surface area contributed by atoms with Gasteiger partial charge in [-0.1, -0.05) is 0 Å². The Bertz CT molecular complexity index is 613. The van der Waals surface area contributed by atoms with Crippen LogP contribution in [0.2, 0.25) is 0 Å². The van der Waals surface area contributed by atoms with Gasteiger partial charge in [0.25, 0.3) is 0 Å². The second-order valence-corrected chi connectivity index (χ2v) is 6.35. The summed E-state index contributed by atoms with van der Waals surface area (Å²) in [5, 5.41) is 11.4. The lowest BCUT2D eigenvalue weighted by Crippen LogP contribution is -2.42. The fourth-order valence-electron chi connectivity index (χ4n) is 3.19. The van der Waals surface area contributed by atoms with Crippen LogP contribution in [0.1, 0.15) is 25.7 Å². The summed E-state index contributed by atoms with van der Waals surface area (Å²) in [6.45, 7) is 1.59. The Labute approximate surface area is 139 Å². The van der Waals surface area contributed by atoms with Gasteiger partial charge in [0.1, 0.15) is 17.7 Å². The molecular weight excluding hydrogens is 315 g/mol. The largest absolute Gasteiger partial charge is 0.489 e. The highest BCUT2D eigenvalue weighted by Gasteiger charge is 2.27. The van der Waals surface area contributed by atoms with Crippen LogP contribution in [0, 0.1) is 11.7 Å². The molecule has 6 nitrogen and oxygen atoms in total. The number of piperidine rings is 2. The first-order valence-electron chi connectivity index (χ1n) is 8.20. The van der Waals surface area contributed by atoms with Crippen molar-refractivity contribution in [2.75, 3.05) is 24.6 Å². The van der Waals surface area contributed by atoms with Crippen LogP contribution in [-0.2, 0) is 9.59 Å². The molecule has 2 heterocycles. The maximum absolute atomic E-state index is 14.4. The van der Waals surface area contributed by atoms with Crippen molar-refractivity contribution in [3.63, 3.8) is 0 Å². The van der Waals surface area contributed by atoms with Crippen molar-refractivity contribution >= 4 is 17.5 Å². The number of anilines is 1. The second-order valence-electron chi connectivity index (χ2n) is 6.35. The summed E-state index contributed by atoms with van der Waals surface area (Å²) >= 11 is 0. The van der Waals surface area contributed by atoms with Crippen LogP contribution in [0.15, 0.2) is 18.2 Å². The predicted octanol–water partition coefficient (Wildman–Crippen LogP) is 1.22. The molecule has 2 aliphatic rings. The second kappa shape index (κ2) is 7.17. The number of benzene rings is 1. The highest BCUT2D eigenvalue weighted by Crippen LogP contribution is 2.29. The Kier molecular flexibility index (Phi) is 4.99. The number of aliphatic hydroxyl groups excluding tert-OH is 1. The van der Waals surface area contributed by atoms with E-state index in [0.29, 0.717) is 30.4 Å². The minimum Gasteiger partial charge on any atom is -0.489 e. The molecule has 2 amide bonds. The van der Waals surface area contributed by atoms with E-state index in [1.165, 1.54) is 6.07 Å². The number of halogens is 1. The number of hydrogen-bond donors (Lipinski definition) is 2. The Hall–Kier alpha value is -2.15. The summed E-state index contributed by atoms with van der Waals surface area (Å²) < 4.78 is 20.0. The third-order valence-corrected chi connectivity index (χ3v) is 4.54. The normalized spacial score (nSPS) is 20.2. The SMILES string of the molecule is O=C1CC(Oc2ccc(N3CCC(CO)CC3)c(F)c2)CC(=O)N1. The summed E-state index contributed by atoms with van der Waals surface area (Å²) in [6.07, 6.45) is 1.30. The average molecular weight is 336 g/mol. The molecule has 0 atom stereocenters. The van der Waals surface area contributed by atoms with Crippen LogP contribution in [0.5, 0.6) is 5.75 Å². The predicted molar refractivity (Wildman–Crippen MR) is 85.2 cm³/mol. The van der Waals surface area contributed by atoms with Gasteiger partial charge in [-0.05, 0) is 30.9 Å². The van der Waals surface area contributed by atoms with Crippen molar-refractivity contribution < 1.29 is 23.8 Å². The Balaban J connectivity index is 1.64. The van der Waals surface area contributed by atoms with Gasteiger partial charge in [-0.15, -0.1) is 0 Å². The molecule has 2 N–H and O–H groups in total. The van der Waals surface area contributed by atoms with Crippen LogP contribution in [0.3, 0.4) is 0 Å². The van der Waals surface area contributed by atoms with E-state index in [9.17, 15) is 19.1 Å². The maximum atomic E-state index is 14.4. The molecule has 7 heteroatoms. The fraction of sp³-hybridized carbons (Fsp3) is 0.529. The lowest BCUT2D eigenvalue weighted by atomic mass is 9.97. The Morgan fingerprint density at radius 2 is 1.88 bits per heavy atom. The van der Waals surface area contributed by atoms with E-state index in [-0.39, 0.29) is 37.1 Å². The Morgan fingerprint density at radius 1 is 1.21 bits per heavy atom. The summed E-state index contributed by atoms with van der Waals surface area (Å²) in [5.74, 6) is -0.530. The minimum absolute atomic E-state index is 0.0871.